The first kappa shape index (κ1) is 12.7. The van der Waals surface area contributed by atoms with Gasteiger partial charge in [-0.25, -0.2) is 0 Å². The lowest BCUT2D eigenvalue weighted by Gasteiger charge is -2.18. The molecule has 3 nitrogen and oxygen atoms in total. The third kappa shape index (κ3) is 3.15. The van der Waals surface area contributed by atoms with Crippen LogP contribution in [0.2, 0.25) is 0 Å². The highest BCUT2D eigenvalue weighted by Gasteiger charge is 2.12. The normalized spacial score (nSPS) is 12.3. The molecular formula is C15H18N2O. The van der Waals surface area contributed by atoms with Gasteiger partial charge in [-0.3, -0.25) is 4.98 Å². The molecule has 3 heteroatoms. The van der Waals surface area contributed by atoms with Gasteiger partial charge in [0.05, 0.1) is 12.6 Å². The van der Waals surface area contributed by atoms with Crippen molar-refractivity contribution in [1.29, 1.82) is 0 Å². The molecule has 0 saturated heterocycles. The summed E-state index contributed by atoms with van der Waals surface area (Å²) < 4.78 is 0. The summed E-state index contributed by atoms with van der Waals surface area (Å²) in [4.78, 5) is 4.12. The quantitative estimate of drug-likeness (QED) is 0.845. The first-order chi connectivity index (χ1) is 8.81. The lowest BCUT2D eigenvalue weighted by Crippen LogP contribution is -2.24. The van der Waals surface area contributed by atoms with Crippen LogP contribution >= 0.6 is 0 Å². The number of aliphatic hydroxyl groups excluding tert-OH is 1. The van der Waals surface area contributed by atoms with E-state index in [1.165, 1.54) is 5.56 Å². The molecule has 2 aromatic rings. The SMILES string of the molecule is Cc1ccncc1C(CO)NCc1ccccc1. The van der Waals surface area contributed by atoms with Gasteiger partial charge in [0.1, 0.15) is 0 Å². The van der Waals surface area contributed by atoms with E-state index in [1.54, 1.807) is 6.20 Å². The van der Waals surface area contributed by atoms with Crippen LogP contribution in [0.4, 0.5) is 0 Å². The molecule has 0 amide bonds. The average Bonchev–Trinajstić information content (AvgIpc) is 2.42. The number of hydrogen-bond donors (Lipinski definition) is 2. The predicted octanol–water partition coefficient (Wildman–Crippen LogP) is 2.21. The number of rotatable bonds is 5. The van der Waals surface area contributed by atoms with Gasteiger partial charge in [-0.15, -0.1) is 0 Å². The zero-order valence-corrected chi connectivity index (χ0v) is 10.5. The van der Waals surface area contributed by atoms with Gasteiger partial charge in [-0.05, 0) is 29.7 Å². The Morgan fingerprint density at radius 2 is 2.00 bits per heavy atom. The standard InChI is InChI=1S/C15H18N2O/c1-12-7-8-16-10-14(12)15(11-18)17-9-13-5-3-2-4-6-13/h2-8,10,15,17-18H,9,11H2,1H3. The van der Waals surface area contributed by atoms with Crippen LogP contribution in [0, 0.1) is 6.92 Å². The summed E-state index contributed by atoms with van der Waals surface area (Å²) in [5.41, 5.74) is 3.40. The Morgan fingerprint density at radius 3 is 2.67 bits per heavy atom. The fraction of sp³-hybridized carbons (Fsp3) is 0.267. The Labute approximate surface area is 108 Å². The lowest BCUT2D eigenvalue weighted by atomic mass is 10.0. The topological polar surface area (TPSA) is 45.2 Å². The van der Waals surface area contributed by atoms with E-state index in [4.69, 9.17) is 0 Å². The van der Waals surface area contributed by atoms with Gasteiger partial charge in [0, 0.05) is 18.9 Å². The van der Waals surface area contributed by atoms with E-state index in [0.29, 0.717) is 0 Å². The van der Waals surface area contributed by atoms with E-state index in [-0.39, 0.29) is 12.6 Å². The van der Waals surface area contributed by atoms with Gasteiger partial charge in [0.2, 0.25) is 0 Å². The second kappa shape index (κ2) is 6.28. The van der Waals surface area contributed by atoms with Gasteiger partial charge < -0.3 is 10.4 Å². The molecule has 0 aliphatic carbocycles. The molecule has 2 N–H and O–H groups in total. The molecule has 94 valence electrons. The van der Waals surface area contributed by atoms with Crippen LogP contribution in [-0.4, -0.2) is 16.7 Å². The smallest absolute Gasteiger partial charge is 0.0627 e. The van der Waals surface area contributed by atoms with Gasteiger partial charge in [0.15, 0.2) is 0 Å². The monoisotopic (exact) mass is 242 g/mol. The van der Waals surface area contributed by atoms with Crippen molar-refractivity contribution in [1.82, 2.24) is 10.3 Å². The molecule has 0 aliphatic rings. The third-order valence-electron chi connectivity index (χ3n) is 3.03. The van der Waals surface area contributed by atoms with Gasteiger partial charge in [0.25, 0.3) is 0 Å². The van der Waals surface area contributed by atoms with Crippen LogP contribution in [0.3, 0.4) is 0 Å². The summed E-state index contributed by atoms with van der Waals surface area (Å²) in [7, 11) is 0. The number of hydrogen-bond acceptors (Lipinski definition) is 3. The van der Waals surface area contributed by atoms with E-state index < -0.39 is 0 Å². The van der Waals surface area contributed by atoms with Crippen molar-refractivity contribution in [3.63, 3.8) is 0 Å². The number of aliphatic hydroxyl groups is 1. The maximum atomic E-state index is 9.49. The fourth-order valence-corrected chi connectivity index (χ4v) is 1.95. The molecule has 2 rings (SSSR count). The van der Waals surface area contributed by atoms with E-state index >= 15 is 0 Å². The highest BCUT2D eigenvalue weighted by Crippen LogP contribution is 2.16. The van der Waals surface area contributed by atoms with Crippen LogP contribution < -0.4 is 5.32 Å². The fourth-order valence-electron chi connectivity index (χ4n) is 1.95. The van der Waals surface area contributed by atoms with Crippen molar-refractivity contribution in [3.8, 4) is 0 Å². The summed E-state index contributed by atoms with van der Waals surface area (Å²) in [6.45, 7) is 2.84. The Hall–Kier alpha value is -1.71. The van der Waals surface area contributed by atoms with Crippen molar-refractivity contribution in [3.05, 3.63) is 65.5 Å². The maximum absolute atomic E-state index is 9.49. The second-order valence-electron chi connectivity index (χ2n) is 4.33. The van der Waals surface area contributed by atoms with Crippen molar-refractivity contribution in [2.75, 3.05) is 6.61 Å². The van der Waals surface area contributed by atoms with Gasteiger partial charge in [-0.2, -0.15) is 0 Å². The number of aryl methyl sites for hydroxylation is 1. The predicted molar refractivity (Wildman–Crippen MR) is 72.1 cm³/mol. The Bertz CT molecular complexity index is 485. The minimum Gasteiger partial charge on any atom is -0.394 e. The molecule has 1 aromatic heterocycles. The summed E-state index contributed by atoms with van der Waals surface area (Å²) in [5, 5.41) is 12.8. The molecule has 1 heterocycles. The summed E-state index contributed by atoms with van der Waals surface area (Å²) in [6, 6.07) is 12.1. The van der Waals surface area contributed by atoms with Crippen LogP contribution in [0.5, 0.6) is 0 Å². The maximum Gasteiger partial charge on any atom is 0.0627 e. The molecule has 0 bridgehead atoms. The molecular weight excluding hydrogens is 224 g/mol. The number of benzene rings is 1. The second-order valence-corrected chi connectivity index (χ2v) is 4.33. The number of aromatic nitrogens is 1. The molecule has 0 radical (unpaired) electrons. The van der Waals surface area contributed by atoms with Crippen molar-refractivity contribution in [2.45, 2.75) is 19.5 Å². The number of nitrogens with one attached hydrogen (secondary N) is 1. The number of pyridine rings is 1. The largest absolute Gasteiger partial charge is 0.394 e. The number of nitrogens with zero attached hydrogens (tertiary/aromatic N) is 1. The summed E-state index contributed by atoms with van der Waals surface area (Å²) >= 11 is 0. The Balaban J connectivity index is 2.04. The summed E-state index contributed by atoms with van der Waals surface area (Å²) in [5.74, 6) is 0. The van der Waals surface area contributed by atoms with Crippen LogP contribution in [0.15, 0.2) is 48.8 Å². The zero-order valence-electron chi connectivity index (χ0n) is 10.5. The average molecular weight is 242 g/mol. The van der Waals surface area contributed by atoms with Crippen LogP contribution in [0.1, 0.15) is 22.7 Å². The molecule has 1 unspecified atom stereocenters. The first-order valence-electron chi connectivity index (χ1n) is 6.10. The van der Waals surface area contributed by atoms with Crippen molar-refractivity contribution in [2.24, 2.45) is 0 Å². The van der Waals surface area contributed by atoms with Crippen molar-refractivity contribution < 1.29 is 5.11 Å². The third-order valence-corrected chi connectivity index (χ3v) is 3.03. The summed E-state index contributed by atoms with van der Waals surface area (Å²) in [6.07, 6.45) is 3.58. The van der Waals surface area contributed by atoms with E-state index in [9.17, 15) is 5.11 Å². The zero-order chi connectivity index (χ0) is 12.8. The molecule has 18 heavy (non-hydrogen) atoms. The lowest BCUT2D eigenvalue weighted by molar-refractivity contribution is 0.243. The van der Waals surface area contributed by atoms with E-state index in [0.717, 1.165) is 17.7 Å². The minimum absolute atomic E-state index is 0.0688. The van der Waals surface area contributed by atoms with Crippen LogP contribution in [0.25, 0.3) is 0 Å². The first-order valence-corrected chi connectivity index (χ1v) is 6.10. The molecule has 0 fully saturated rings. The Morgan fingerprint density at radius 1 is 1.22 bits per heavy atom. The molecule has 0 aliphatic heterocycles. The van der Waals surface area contributed by atoms with Crippen LogP contribution in [-0.2, 0) is 6.54 Å². The molecule has 0 saturated carbocycles. The van der Waals surface area contributed by atoms with E-state index in [1.807, 2.05) is 37.4 Å². The molecule has 1 atom stereocenters. The highest BCUT2D eigenvalue weighted by molar-refractivity contribution is 5.25. The van der Waals surface area contributed by atoms with Gasteiger partial charge in [-0.1, -0.05) is 30.3 Å². The molecule has 1 aromatic carbocycles. The van der Waals surface area contributed by atoms with Crippen molar-refractivity contribution >= 4 is 0 Å². The highest BCUT2D eigenvalue weighted by atomic mass is 16.3. The molecule has 0 spiro atoms. The van der Waals surface area contributed by atoms with E-state index in [2.05, 4.69) is 22.4 Å². The van der Waals surface area contributed by atoms with Gasteiger partial charge >= 0.3 is 0 Å². The Kier molecular flexibility index (Phi) is 4.45. The minimum atomic E-state index is -0.0705.